The summed E-state index contributed by atoms with van der Waals surface area (Å²) in [6, 6.07) is 0. The molecule has 2 N–H and O–H groups in total. The second kappa shape index (κ2) is 5.25. The van der Waals surface area contributed by atoms with Crippen LogP contribution in [-0.2, 0) is 13.0 Å². The molecule has 1 aliphatic carbocycles. The number of rotatable bonds is 5. The van der Waals surface area contributed by atoms with Crippen molar-refractivity contribution in [2.75, 3.05) is 6.54 Å². The molecule has 0 amide bonds. The number of nitrogens with one attached hydrogen (secondary N) is 1. The van der Waals surface area contributed by atoms with E-state index in [1.165, 1.54) is 5.01 Å². The van der Waals surface area contributed by atoms with Gasteiger partial charge in [0.1, 0.15) is 0 Å². The lowest BCUT2D eigenvalue weighted by Gasteiger charge is -2.22. The summed E-state index contributed by atoms with van der Waals surface area (Å²) >= 11 is 1.72. The molecule has 1 aromatic rings. The zero-order valence-electron chi connectivity index (χ0n) is 9.83. The summed E-state index contributed by atoms with van der Waals surface area (Å²) in [5, 5.41) is 16.7. The molecule has 0 aliphatic heterocycles. The number of aryl methyl sites for hydroxylation is 1. The Labute approximate surface area is 101 Å². The third-order valence-corrected chi connectivity index (χ3v) is 4.24. The fourth-order valence-electron chi connectivity index (χ4n) is 2.23. The monoisotopic (exact) mass is 240 g/mol. The van der Waals surface area contributed by atoms with Gasteiger partial charge in [0, 0.05) is 18.5 Å². The highest BCUT2D eigenvalue weighted by atomic mass is 32.1. The first kappa shape index (κ1) is 12.0. The first-order chi connectivity index (χ1) is 7.72. The van der Waals surface area contributed by atoms with E-state index in [9.17, 15) is 5.11 Å². The van der Waals surface area contributed by atoms with Crippen molar-refractivity contribution in [3.8, 4) is 0 Å². The molecule has 0 saturated heterocycles. The first-order valence-electron chi connectivity index (χ1n) is 6.08. The lowest BCUT2D eigenvalue weighted by atomic mass is 10.0. The third kappa shape index (κ3) is 3.03. The molecule has 1 aromatic heterocycles. The van der Waals surface area contributed by atoms with Crippen LogP contribution in [0.3, 0.4) is 0 Å². The second-order valence-corrected chi connectivity index (χ2v) is 5.56. The Balaban J connectivity index is 1.75. The Morgan fingerprint density at radius 3 is 2.88 bits per heavy atom. The van der Waals surface area contributed by atoms with Crippen LogP contribution in [0.4, 0.5) is 0 Å². The standard InChI is InChI=1S/C12H20N2OS/c1-2-11-14-10(8-16-11)7-13-9-12(15)5-3-4-6-12/h8,13,15H,2-7,9H2,1H3. The second-order valence-electron chi connectivity index (χ2n) is 4.62. The normalized spacial score (nSPS) is 19.1. The zero-order valence-corrected chi connectivity index (χ0v) is 10.6. The van der Waals surface area contributed by atoms with Crippen molar-refractivity contribution in [1.82, 2.24) is 10.3 Å². The summed E-state index contributed by atoms with van der Waals surface area (Å²) in [6.07, 6.45) is 5.22. The van der Waals surface area contributed by atoms with Crippen molar-refractivity contribution < 1.29 is 5.11 Å². The molecule has 3 nitrogen and oxygen atoms in total. The summed E-state index contributed by atoms with van der Waals surface area (Å²) in [7, 11) is 0. The number of aliphatic hydroxyl groups is 1. The molecule has 0 bridgehead atoms. The highest BCUT2D eigenvalue weighted by molar-refractivity contribution is 7.09. The van der Waals surface area contributed by atoms with E-state index >= 15 is 0 Å². The summed E-state index contributed by atoms with van der Waals surface area (Å²) < 4.78 is 0. The van der Waals surface area contributed by atoms with Crippen molar-refractivity contribution in [3.63, 3.8) is 0 Å². The molecular formula is C12H20N2OS. The third-order valence-electron chi connectivity index (χ3n) is 3.20. The van der Waals surface area contributed by atoms with E-state index in [0.717, 1.165) is 44.3 Å². The molecule has 0 unspecified atom stereocenters. The predicted molar refractivity (Wildman–Crippen MR) is 66.6 cm³/mol. The molecule has 1 fully saturated rings. The molecule has 16 heavy (non-hydrogen) atoms. The quantitative estimate of drug-likeness (QED) is 0.828. The van der Waals surface area contributed by atoms with Gasteiger partial charge in [-0.05, 0) is 19.3 Å². The number of aromatic nitrogens is 1. The summed E-state index contributed by atoms with van der Waals surface area (Å²) in [4.78, 5) is 4.49. The SMILES string of the molecule is CCc1nc(CNCC2(O)CCCC2)cs1. The highest BCUT2D eigenvalue weighted by Gasteiger charge is 2.30. The van der Waals surface area contributed by atoms with Gasteiger partial charge in [-0.1, -0.05) is 19.8 Å². The van der Waals surface area contributed by atoms with Gasteiger partial charge in [-0.3, -0.25) is 0 Å². The summed E-state index contributed by atoms with van der Waals surface area (Å²) in [5.74, 6) is 0. The molecule has 90 valence electrons. The van der Waals surface area contributed by atoms with Crippen LogP contribution in [-0.4, -0.2) is 22.2 Å². The van der Waals surface area contributed by atoms with Crippen LogP contribution in [0.15, 0.2) is 5.38 Å². The van der Waals surface area contributed by atoms with Gasteiger partial charge in [0.2, 0.25) is 0 Å². The number of thiazole rings is 1. The fourth-order valence-corrected chi connectivity index (χ4v) is 2.97. The van der Waals surface area contributed by atoms with Gasteiger partial charge in [-0.15, -0.1) is 11.3 Å². The van der Waals surface area contributed by atoms with Gasteiger partial charge in [0.05, 0.1) is 16.3 Å². The maximum atomic E-state index is 10.1. The number of hydrogen-bond donors (Lipinski definition) is 2. The Bertz CT molecular complexity index is 332. The van der Waals surface area contributed by atoms with E-state index in [1.54, 1.807) is 11.3 Å². The van der Waals surface area contributed by atoms with Crippen molar-refractivity contribution in [2.24, 2.45) is 0 Å². The lowest BCUT2D eigenvalue weighted by Crippen LogP contribution is -2.37. The van der Waals surface area contributed by atoms with Gasteiger partial charge >= 0.3 is 0 Å². The minimum atomic E-state index is -0.455. The van der Waals surface area contributed by atoms with Crippen LogP contribution >= 0.6 is 11.3 Å². The van der Waals surface area contributed by atoms with Crippen molar-refractivity contribution in [3.05, 3.63) is 16.1 Å². The maximum absolute atomic E-state index is 10.1. The van der Waals surface area contributed by atoms with E-state index < -0.39 is 5.60 Å². The Hall–Kier alpha value is -0.450. The van der Waals surface area contributed by atoms with E-state index in [0.29, 0.717) is 6.54 Å². The molecule has 1 saturated carbocycles. The molecule has 0 spiro atoms. The van der Waals surface area contributed by atoms with Gasteiger partial charge in [0.15, 0.2) is 0 Å². The van der Waals surface area contributed by atoms with Crippen LogP contribution in [0, 0.1) is 0 Å². The highest BCUT2D eigenvalue weighted by Crippen LogP contribution is 2.28. The van der Waals surface area contributed by atoms with E-state index in [2.05, 4.69) is 22.6 Å². The molecule has 4 heteroatoms. The van der Waals surface area contributed by atoms with Crippen molar-refractivity contribution in [1.29, 1.82) is 0 Å². The Morgan fingerprint density at radius 1 is 1.50 bits per heavy atom. The van der Waals surface area contributed by atoms with Crippen LogP contribution < -0.4 is 5.32 Å². The van der Waals surface area contributed by atoms with Crippen LogP contribution in [0.1, 0.15) is 43.3 Å². The van der Waals surface area contributed by atoms with Gasteiger partial charge < -0.3 is 10.4 Å². The van der Waals surface area contributed by atoms with E-state index in [-0.39, 0.29) is 0 Å². The average molecular weight is 240 g/mol. The molecular weight excluding hydrogens is 220 g/mol. The zero-order chi connectivity index (χ0) is 11.4. The largest absolute Gasteiger partial charge is 0.389 e. The molecule has 1 heterocycles. The molecule has 0 atom stereocenters. The first-order valence-corrected chi connectivity index (χ1v) is 6.96. The van der Waals surface area contributed by atoms with Crippen molar-refractivity contribution >= 4 is 11.3 Å². The molecule has 0 radical (unpaired) electrons. The van der Waals surface area contributed by atoms with Crippen LogP contribution in [0.25, 0.3) is 0 Å². The average Bonchev–Trinajstić information content (AvgIpc) is 2.88. The van der Waals surface area contributed by atoms with E-state index in [1.807, 2.05) is 0 Å². The minimum absolute atomic E-state index is 0.455. The summed E-state index contributed by atoms with van der Waals surface area (Å²) in [5.41, 5.74) is 0.646. The van der Waals surface area contributed by atoms with Gasteiger partial charge in [-0.2, -0.15) is 0 Å². The Kier molecular flexibility index (Phi) is 3.95. The maximum Gasteiger partial charge on any atom is 0.0926 e. The number of hydrogen-bond acceptors (Lipinski definition) is 4. The van der Waals surface area contributed by atoms with Crippen LogP contribution in [0.5, 0.6) is 0 Å². The lowest BCUT2D eigenvalue weighted by molar-refractivity contribution is 0.0474. The molecule has 0 aromatic carbocycles. The molecule has 1 aliphatic rings. The van der Waals surface area contributed by atoms with E-state index in [4.69, 9.17) is 0 Å². The number of nitrogens with zero attached hydrogens (tertiary/aromatic N) is 1. The Morgan fingerprint density at radius 2 is 2.25 bits per heavy atom. The van der Waals surface area contributed by atoms with Gasteiger partial charge in [-0.25, -0.2) is 4.98 Å². The topological polar surface area (TPSA) is 45.2 Å². The minimum Gasteiger partial charge on any atom is -0.389 e. The summed E-state index contributed by atoms with van der Waals surface area (Å²) in [6.45, 7) is 3.60. The van der Waals surface area contributed by atoms with Crippen molar-refractivity contribution in [2.45, 2.75) is 51.2 Å². The predicted octanol–water partition coefficient (Wildman–Crippen LogP) is 2.10. The van der Waals surface area contributed by atoms with Gasteiger partial charge in [0.25, 0.3) is 0 Å². The molecule has 2 rings (SSSR count). The van der Waals surface area contributed by atoms with Crippen LogP contribution in [0.2, 0.25) is 0 Å². The fraction of sp³-hybridized carbons (Fsp3) is 0.750. The smallest absolute Gasteiger partial charge is 0.0926 e.